The van der Waals surface area contributed by atoms with Crippen molar-refractivity contribution in [3.8, 4) is 5.75 Å². The van der Waals surface area contributed by atoms with E-state index in [1.165, 1.54) is 4.90 Å². The molecule has 1 aliphatic rings. The number of benzene rings is 2. The molecule has 7 nitrogen and oxygen atoms in total. The first-order valence-electron chi connectivity index (χ1n) is 8.76. The van der Waals surface area contributed by atoms with E-state index >= 15 is 0 Å². The molecule has 0 aliphatic carbocycles. The third kappa shape index (κ3) is 4.27. The van der Waals surface area contributed by atoms with Gasteiger partial charge in [0.1, 0.15) is 5.75 Å². The zero-order valence-electron chi connectivity index (χ0n) is 14.9. The lowest BCUT2D eigenvalue weighted by molar-refractivity contribution is -0.121. The molecule has 2 N–H and O–H groups in total. The number of hydrogen-bond donors (Lipinski definition) is 2. The molecule has 0 bridgehead atoms. The van der Waals surface area contributed by atoms with Gasteiger partial charge in [-0.1, -0.05) is 24.3 Å². The Kier molecular flexibility index (Phi) is 6.05. The fraction of sp³-hybridized carbons (Fsp3) is 0.300. The van der Waals surface area contributed by atoms with Gasteiger partial charge in [-0.15, -0.1) is 0 Å². The number of amides is 2. The highest BCUT2D eigenvalue weighted by molar-refractivity contribution is 5.98. The summed E-state index contributed by atoms with van der Waals surface area (Å²) in [5, 5.41) is 18.1. The SMILES string of the molecule is O=C(c1ccc(CN2C(=O)COc3ccccc32)cc1)N(CCO)CCO. The van der Waals surface area contributed by atoms with Crippen molar-refractivity contribution in [2.45, 2.75) is 6.54 Å². The van der Waals surface area contributed by atoms with Crippen molar-refractivity contribution in [2.24, 2.45) is 0 Å². The Labute approximate surface area is 157 Å². The summed E-state index contributed by atoms with van der Waals surface area (Å²) in [4.78, 5) is 27.8. The minimum Gasteiger partial charge on any atom is -0.482 e. The Bertz CT molecular complexity index is 800. The summed E-state index contributed by atoms with van der Waals surface area (Å²) >= 11 is 0. The van der Waals surface area contributed by atoms with Crippen molar-refractivity contribution < 1.29 is 24.5 Å². The maximum atomic E-state index is 12.5. The summed E-state index contributed by atoms with van der Waals surface area (Å²) in [5.41, 5.74) is 2.08. The van der Waals surface area contributed by atoms with Gasteiger partial charge in [-0.2, -0.15) is 0 Å². The molecule has 0 fully saturated rings. The van der Waals surface area contributed by atoms with Gasteiger partial charge in [-0.05, 0) is 29.8 Å². The second-order valence-corrected chi connectivity index (χ2v) is 6.17. The van der Waals surface area contributed by atoms with Crippen molar-refractivity contribution in [3.05, 3.63) is 59.7 Å². The summed E-state index contributed by atoms with van der Waals surface area (Å²) in [5.74, 6) is 0.302. The van der Waals surface area contributed by atoms with E-state index in [4.69, 9.17) is 14.9 Å². The fourth-order valence-corrected chi connectivity index (χ4v) is 3.00. The molecule has 0 unspecified atom stereocenters. The average molecular weight is 370 g/mol. The Morgan fingerprint density at radius 3 is 2.37 bits per heavy atom. The Hall–Kier alpha value is -2.90. The number of carbonyl (C=O) groups excluding carboxylic acids is 2. The van der Waals surface area contributed by atoms with Crippen LogP contribution >= 0.6 is 0 Å². The quantitative estimate of drug-likeness (QED) is 0.760. The van der Waals surface area contributed by atoms with Gasteiger partial charge in [0.05, 0.1) is 25.4 Å². The normalized spacial score (nSPS) is 13.1. The van der Waals surface area contributed by atoms with E-state index in [0.29, 0.717) is 17.9 Å². The number of ether oxygens (including phenoxy) is 1. The highest BCUT2D eigenvalue weighted by Crippen LogP contribution is 2.32. The second-order valence-electron chi connectivity index (χ2n) is 6.17. The number of hydrogen-bond acceptors (Lipinski definition) is 5. The summed E-state index contributed by atoms with van der Waals surface area (Å²) in [7, 11) is 0. The number of carbonyl (C=O) groups is 2. The molecule has 2 amide bonds. The fourth-order valence-electron chi connectivity index (χ4n) is 3.00. The first kappa shape index (κ1) is 18.9. The molecule has 0 saturated heterocycles. The first-order chi connectivity index (χ1) is 13.1. The van der Waals surface area contributed by atoms with E-state index in [-0.39, 0.29) is 44.7 Å². The van der Waals surface area contributed by atoms with Gasteiger partial charge in [0.2, 0.25) is 0 Å². The van der Waals surface area contributed by atoms with Crippen molar-refractivity contribution in [3.63, 3.8) is 0 Å². The zero-order valence-corrected chi connectivity index (χ0v) is 14.9. The third-order valence-corrected chi connectivity index (χ3v) is 4.38. The van der Waals surface area contributed by atoms with Crippen molar-refractivity contribution in [1.82, 2.24) is 4.90 Å². The number of anilines is 1. The van der Waals surface area contributed by atoms with Gasteiger partial charge < -0.3 is 24.7 Å². The van der Waals surface area contributed by atoms with Crippen molar-refractivity contribution in [1.29, 1.82) is 0 Å². The van der Waals surface area contributed by atoms with Gasteiger partial charge in [-0.25, -0.2) is 0 Å². The summed E-state index contributed by atoms with van der Waals surface area (Å²) in [6.07, 6.45) is 0. The topological polar surface area (TPSA) is 90.3 Å². The number of aliphatic hydroxyl groups is 2. The standard InChI is InChI=1S/C20H22N2O5/c23-11-9-21(10-12-24)20(26)16-7-5-15(6-8-16)13-22-17-3-1-2-4-18(17)27-14-19(22)25/h1-8,23-24H,9-14H2. The molecule has 0 aromatic heterocycles. The Balaban J connectivity index is 1.74. The Morgan fingerprint density at radius 2 is 1.70 bits per heavy atom. The molecular weight excluding hydrogens is 348 g/mol. The molecular formula is C20H22N2O5. The van der Waals surface area contributed by atoms with Crippen LogP contribution in [0.5, 0.6) is 5.75 Å². The molecule has 142 valence electrons. The van der Waals surface area contributed by atoms with Crippen LogP contribution in [0.2, 0.25) is 0 Å². The summed E-state index contributed by atoms with van der Waals surface area (Å²) in [6, 6.07) is 14.4. The lowest BCUT2D eigenvalue weighted by Crippen LogP contribution is -2.38. The van der Waals surface area contributed by atoms with Gasteiger partial charge in [0, 0.05) is 18.7 Å². The Morgan fingerprint density at radius 1 is 1.04 bits per heavy atom. The van der Waals surface area contributed by atoms with E-state index in [0.717, 1.165) is 11.3 Å². The number of rotatable bonds is 7. The lowest BCUT2D eigenvalue weighted by Gasteiger charge is -2.29. The van der Waals surface area contributed by atoms with Gasteiger partial charge in [-0.3, -0.25) is 9.59 Å². The molecule has 0 atom stereocenters. The maximum Gasteiger partial charge on any atom is 0.265 e. The van der Waals surface area contributed by atoms with Crippen LogP contribution in [-0.2, 0) is 11.3 Å². The molecule has 3 rings (SSSR count). The number of aliphatic hydroxyl groups excluding tert-OH is 2. The second kappa shape index (κ2) is 8.66. The van der Waals surface area contributed by atoms with E-state index < -0.39 is 0 Å². The van der Waals surface area contributed by atoms with Crippen LogP contribution in [0.15, 0.2) is 48.5 Å². The maximum absolute atomic E-state index is 12.5. The molecule has 1 aliphatic heterocycles. The van der Waals surface area contributed by atoms with Crippen LogP contribution in [0, 0.1) is 0 Å². The van der Waals surface area contributed by atoms with Gasteiger partial charge >= 0.3 is 0 Å². The van der Waals surface area contributed by atoms with Gasteiger partial charge in [0.25, 0.3) is 11.8 Å². The van der Waals surface area contributed by atoms with Crippen LogP contribution in [-0.4, -0.2) is 59.8 Å². The summed E-state index contributed by atoms with van der Waals surface area (Å²) < 4.78 is 5.44. The number of nitrogens with zero attached hydrogens (tertiary/aromatic N) is 2. The highest BCUT2D eigenvalue weighted by atomic mass is 16.5. The lowest BCUT2D eigenvalue weighted by atomic mass is 10.1. The molecule has 1 heterocycles. The molecule has 0 saturated carbocycles. The average Bonchev–Trinajstić information content (AvgIpc) is 2.70. The first-order valence-corrected chi connectivity index (χ1v) is 8.76. The molecule has 7 heteroatoms. The zero-order chi connectivity index (χ0) is 19.2. The summed E-state index contributed by atoms with van der Waals surface area (Å²) in [6.45, 7) is 0.390. The largest absolute Gasteiger partial charge is 0.482 e. The van der Waals surface area contributed by atoms with Crippen LogP contribution < -0.4 is 9.64 Å². The smallest absolute Gasteiger partial charge is 0.265 e. The van der Waals surface area contributed by atoms with E-state index in [1.54, 1.807) is 29.2 Å². The molecule has 0 radical (unpaired) electrons. The highest BCUT2D eigenvalue weighted by Gasteiger charge is 2.25. The third-order valence-electron chi connectivity index (χ3n) is 4.38. The number of fused-ring (bicyclic) bond motifs is 1. The van der Waals surface area contributed by atoms with E-state index in [1.807, 2.05) is 24.3 Å². The van der Waals surface area contributed by atoms with Crippen LogP contribution in [0.25, 0.3) is 0 Å². The van der Waals surface area contributed by atoms with Gasteiger partial charge in [0.15, 0.2) is 6.61 Å². The van der Waals surface area contributed by atoms with Crippen molar-refractivity contribution >= 4 is 17.5 Å². The number of para-hydroxylation sites is 2. The predicted octanol–water partition coefficient (Wildman–Crippen LogP) is 1.04. The van der Waals surface area contributed by atoms with Crippen LogP contribution in [0.1, 0.15) is 15.9 Å². The molecule has 2 aromatic rings. The molecule has 2 aromatic carbocycles. The van der Waals surface area contributed by atoms with Crippen molar-refractivity contribution in [2.75, 3.05) is 37.8 Å². The minimum atomic E-state index is -0.252. The van der Waals surface area contributed by atoms with Crippen LogP contribution in [0.3, 0.4) is 0 Å². The molecule has 27 heavy (non-hydrogen) atoms. The minimum absolute atomic E-state index is 0.00482. The van der Waals surface area contributed by atoms with Crippen LogP contribution in [0.4, 0.5) is 5.69 Å². The predicted molar refractivity (Wildman–Crippen MR) is 99.6 cm³/mol. The molecule has 0 spiro atoms. The van der Waals surface area contributed by atoms with E-state index in [9.17, 15) is 9.59 Å². The monoisotopic (exact) mass is 370 g/mol. The van der Waals surface area contributed by atoms with E-state index in [2.05, 4.69) is 0 Å².